The number of amides is 1. The number of fused-ring (bicyclic) bond motifs is 1. The van der Waals surface area contributed by atoms with Crippen molar-refractivity contribution in [3.8, 4) is 11.3 Å². The Hall–Kier alpha value is -2.48. The van der Waals surface area contributed by atoms with Gasteiger partial charge in [-0.05, 0) is 31.0 Å². The molecule has 134 valence electrons. The lowest BCUT2D eigenvalue weighted by molar-refractivity contribution is -0.118. The van der Waals surface area contributed by atoms with Crippen LogP contribution in [0.5, 0.6) is 0 Å². The summed E-state index contributed by atoms with van der Waals surface area (Å²) in [6, 6.07) is 5.66. The summed E-state index contributed by atoms with van der Waals surface area (Å²) in [5, 5.41) is 4.39. The third-order valence-corrected chi connectivity index (χ3v) is 5.16. The number of anilines is 1. The number of halogens is 1. The van der Waals surface area contributed by atoms with Crippen LogP contribution in [0.3, 0.4) is 0 Å². The maximum Gasteiger partial charge on any atom is 0.243 e. The number of rotatable bonds is 3. The van der Waals surface area contributed by atoms with E-state index in [2.05, 4.69) is 31.1 Å². The second-order valence-electron chi connectivity index (χ2n) is 6.60. The lowest BCUT2D eigenvalue weighted by Crippen LogP contribution is -2.41. The van der Waals surface area contributed by atoms with Gasteiger partial charge in [0.25, 0.3) is 0 Å². The average molecular weight is 371 g/mol. The Labute approximate surface area is 155 Å². The fraction of sp³-hybridized carbons (Fsp3) is 0.278. The van der Waals surface area contributed by atoms with Gasteiger partial charge in [0.15, 0.2) is 0 Å². The molecule has 1 fully saturated rings. The molecule has 8 heteroatoms. The SMILES string of the molecule is CC1NNC(C(=O)Nc2cnc3[nH]c(-c4ccncc4Cl)cc3c2)C1C. The van der Waals surface area contributed by atoms with Crippen molar-refractivity contribution in [1.29, 1.82) is 0 Å². The van der Waals surface area contributed by atoms with Crippen molar-refractivity contribution in [2.75, 3.05) is 5.32 Å². The van der Waals surface area contributed by atoms with E-state index in [1.54, 1.807) is 18.6 Å². The maximum absolute atomic E-state index is 12.5. The molecule has 1 amide bonds. The first kappa shape index (κ1) is 17.0. The molecule has 3 unspecified atom stereocenters. The van der Waals surface area contributed by atoms with Gasteiger partial charge in [0.05, 0.1) is 16.9 Å². The van der Waals surface area contributed by atoms with Crippen molar-refractivity contribution in [2.24, 2.45) is 5.92 Å². The second-order valence-corrected chi connectivity index (χ2v) is 7.01. The Balaban J connectivity index is 1.58. The molecule has 4 heterocycles. The number of pyridine rings is 2. The number of carbonyl (C=O) groups is 1. The van der Waals surface area contributed by atoms with Crippen LogP contribution in [0.15, 0.2) is 36.8 Å². The van der Waals surface area contributed by atoms with Crippen LogP contribution in [0.1, 0.15) is 13.8 Å². The molecule has 0 bridgehead atoms. The fourth-order valence-corrected chi connectivity index (χ4v) is 3.34. The van der Waals surface area contributed by atoms with Crippen molar-refractivity contribution in [3.05, 3.63) is 41.8 Å². The van der Waals surface area contributed by atoms with Gasteiger partial charge < -0.3 is 10.3 Å². The van der Waals surface area contributed by atoms with Gasteiger partial charge in [0, 0.05) is 35.1 Å². The number of hydrogen-bond donors (Lipinski definition) is 4. The standard InChI is InChI=1S/C18H19ClN6O/c1-9-10(2)24-25-16(9)18(26)22-12-5-11-6-15(23-17(11)21-7-12)13-3-4-20-8-14(13)19/h3-10,16,24-25H,1-2H3,(H,21,23)(H,22,26). The highest BCUT2D eigenvalue weighted by Crippen LogP contribution is 2.29. The molecule has 0 aliphatic carbocycles. The van der Waals surface area contributed by atoms with Gasteiger partial charge in [-0.25, -0.2) is 10.4 Å². The molecule has 3 aromatic rings. The zero-order valence-electron chi connectivity index (χ0n) is 14.4. The van der Waals surface area contributed by atoms with Crippen LogP contribution < -0.4 is 16.2 Å². The van der Waals surface area contributed by atoms with Gasteiger partial charge in [0.2, 0.25) is 5.91 Å². The Kier molecular flexibility index (Phi) is 4.36. The zero-order chi connectivity index (χ0) is 18.3. The first-order valence-corrected chi connectivity index (χ1v) is 8.81. The number of nitrogens with zero attached hydrogens (tertiary/aromatic N) is 2. The maximum atomic E-state index is 12.5. The lowest BCUT2D eigenvalue weighted by atomic mass is 9.97. The van der Waals surface area contributed by atoms with Crippen LogP contribution in [-0.4, -0.2) is 32.9 Å². The summed E-state index contributed by atoms with van der Waals surface area (Å²) < 4.78 is 0. The van der Waals surface area contributed by atoms with Gasteiger partial charge >= 0.3 is 0 Å². The van der Waals surface area contributed by atoms with Gasteiger partial charge in [-0.15, -0.1) is 0 Å². The van der Waals surface area contributed by atoms with E-state index in [4.69, 9.17) is 11.6 Å². The monoisotopic (exact) mass is 370 g/mol. The number of hydrogen-bond acceptors (Lipinski definition) is 5. The predicted octanol–water partition coefficient (Wildman–Crippen LogP) is 2.72. The molecule has 1 saturated heterocycles. The molecule has 0 radical (unpaired) electrons. The highest BCUT2D eigenvalue weighted by Gasteiger charge is 2.34. The van der Waals surface area contributed by atoms with Crippen molar-refractivity contribution >= 4 is 34.2 Å². The summed E-state index contributed by atoms with van der Waals surface area (Å²) in [6.45, 7) is 4.09. The molecule has 3 aromatic heterocycles. The summed E-state index contributed by atoms with van der Waals surface area (Å²) in [5.74, 6) is 0.114. The molecular formula is C18H19ClN6O. The van der Waals surface area contributed by atoms with Gasteiger partial charge in [-0.1, -0.05) is 18.5 Å². The molecule has 1 aliphatic rings. The van der Waals surface area contributed by atoms with E-state index in [9.17, 15) is 4.79 Å². The Morgan fingerprint density at radius 3 is 2.81 bits per heavy atom. The van der Waals surface area contributed by atoms with E-state index in [0.717, 1.165) is 22.3 Å². The molecule has 0 saturated carbocycles. The third-order valence-electron chi connectivity index (χ3n) is 4.86. The Morgan fingerprint density at radius 1 is 1.23 bits per heavy atom. The quantitative estimate of drug-likeness (QED) is 0.568. The van der Waals surface area contributed by atoms with Crippen LogP contribution in [0.4, 0.5) is 5.69 Å². The van der Waals surface area contributed by atoms with Crippen molar-refractivity contribution in [3.63, 3.8) is 0 Å². The van der Waals surface area contributed by atoms with Crippen LogP contribution in [0, 0.1) is 5.92 Å². The van der Waals surface area contributed by atoms with E-state index < -0.39 is 0 Å². The number of aromatic nitrogens is 3. The topological polar surface area (TPSA) is 94.7 Å². The molecule has 7 nitrogen and oxygen atoms in total. The summed E-state index contributed by atoms with van der Waals surface area (Å²) >= 11 is 6.21. The zero-order valence-corrected chi connectivity index (χ0v) is 15.1. The predicted molar refractivity (Wildman–Crippen MR) is 102 cm³/mol. The van der Waals surface area contributed by atoms with Crippen LogP contribution in [0.2, 0.25) is 5.02 Å². The largest absolute Gasteiger partial charge is 0.339 e. The van der Waals surface area contributed by atoms with Crippen molar-refractivity contribution in [2.45, 2.75) is 25.9 Å². The molecule has 4 N–H and O–H groups in total. The number of nitrogens with one attached hydrogen (secondary N) is 4. The van der Waals surface area contributed by atoms with E-state index in [1.807, 2.05) is 32.0 Å². The highest BCUT2D eigenvalue weighted by atomic mass is 35.5. The van der Waals surface area contributed by atoms with Gasteiger partial charge in [-0.2, -0.15) is 0 Å². The van der Waals surface area contributed by atoms with E-state index in [1.165, 1.54) is 0 Å². The first-order chi connectivity index (χ1) is 12.5. The fourth-order valence-electron chi connectivity index (χ4n) is 3.12. The molecule has 0 spiro atoms. The summed E-state index contributed by atoms with van der Waals surface area (Å²) in [7, 11) is 0. The lowest BCUT2D eigenvalue weighted by Gasteiger charge is -2.15. The first-order valence-electron chi connectivity index (χ1n) is 8.43. The number of carbonyl (C=O) groups excluding carboxylic acids is 1. The van der Waals surface area contributed by atoms with E-state index in [-0.39, 0.29) is 23.9 Å². The van der Waals surface area contributed by atoms with Crippen LogP contribution in [-0.2, 0) is 4.79 Å². The second kappa shape index (κ2) is 6.68. The minimum Gasteiger partial charge on any atom is -0.339 e. The van der Waals surface area contributed by atoms with Crippen molar-refractivity contribution < 1.29 is 4.79 Å². The summed E-state index contributed by atoms with van der Waals surface area (Å²) in [4.78, 5) is 24.2. The van der Waals surface area contributed by atoms with Crippen molar-refractivity contribution in [1.82, 2.24) is 25.8 Å². The number of hydrazine groups is 1. The Bertz CT molecular complexity index is 971. The van der Waals surface area contributed by atoms with Crippen LogP contribution >= 0.6 is 11.6 Å². The van der Waals surface area contributed by atoms with Gasteiger partial charge in [-0.3, -0.25) is 15.2 Å². The summed E-state index contributed by atoms with van der Waals surface area (Å²) in [6.07, 6.45) is 4.94. The third kappa shape index (κ3) is 3.05. The number of H-pyrrole nitrogens is 1. The molecule has 1 aliphatic heterocycles. The summed E-state index contributed by atoms with van der Waals surface area (Å²) in [5.41, 5.74) is 9.22. The minimum atomic E-state index is -0.280. The number of aromatic amines is 1. The van der Waals surface area contributed by atoms with E-state index >= 15 is 0 Å². The highest BCUT2D eigenvalue weighted by molar-refractivity contribution is 6.33. The molecule has 3 atom stereocenters. The van der Waals surface area contributed by atoms with Crippen LogP contribution in [0.25, 0.3) is 22.3 Å². The molecular weight excluding hydrogens is 352 g/mol. The normalized spacial score (nSPS) is 22.7. The smallest absolute Gasteiger partial charge is 0.243 e. The molecule has 26 heavy (non-hydrogen) atoms. The Morgan fingerprint density at radius 2 is 2.08 bits per heavy atom. The minimum absolute atomic E-state index is 0.0802. The van der Waals surface area contributed by atoms with E-state index in [0.29, 0.717) is 10.7 Å². The molecule has 0 aromatic carbocycles. The molecule has 4 rings (SSSR count). The average Bonchev–Trinajstić information content (AvgIpc) is 3.19. The van der Waals surface area contributed by atoms with Gasteiger partial charge in [0.1, 0.15) is 11.7 Å².